The summed E-state index contributed by atoms with van der Waals surface area (Å²) >= 11 is 4.93. The number of hydrogen-bond donors (Lipinski definition) is 2. The fourth-order valence-electron chi connectivity index (χ4n) is 2.08. The van der Waals surface area contributed by atoms with Crippen LogP contribution in [0.4, 0.5) is 5.00 Å². The van der Waals surface area contributed by atoms with Crippen molar-refractivity contribution in [2.45, 2.75) is 0 Å². The van der Waals surface area contributed by atoms with E-state index >= 15 is 0 Å². The average Bonchev–Trinajstić information content (AvgIpc) is 3.17. The fraction of sp³-hybridized carbons (Fsp3) is 0.286. The second-order valence-electron chi connectivity index (χ2n) is 4.71. The number of nitrogens with zero attached hydrogens (tertiary/aromatic N) is 2. The molecule has 3 rings (SSSR count). The Labute approximate surface area is 140 Å². The summed E-state index contributed by atoms with van der Waals surface area (Å²) in [6.07, 6.45) is 3.36. The first-order chi connectivity index (χ1) is 10.7. The Morgan fingerprint density at radius 1 is 1.45 bits per heavy atom. The number of H-pyrrole nitrogens is 1. The zero-order chi connectivity index (χ0) is 15.4. The van der Waals surface area contributed by atoms with Crippen LogP contribution >= 0.6 is 27.3 Å². The topological polar surface area (TPSA) is 69.7 Å². The standard InChI is InChI=1S/C14H15BrN4O2S/c15-10-7-12(16-8-10)14(20)18-17-9-11-1-2-13(22-11)19-3-5-21-6-4-19/h1-2,7-9,16H,3-6H2,(H,18,20)/b17-9-. The van der Waals surface area contributed by atoms with Crippen LogP contribution in [0.2, 0.25) is 0 Å². The second-order valence-corrected chi connectivity index (χ2v) is 6.72. The van der Waals surface area contributed by atoms with Gasteiger partial charge in [-0.2, -0.15) is 5.10 Å². The number of rotatable bonds is 4. The molecule has 1 aliphatic rings. The molecule has 0 saturated carbocycles. The number of amides is 1. The number of thiophene rings is 1. The number of morpholine rings is 1. The van der Waals surface area contributed by atoms with Gasteiger partial charge in [-0.15, -0.1) is 11.3 Å². The molecule has 1 aliphatic heterocycles. The highest BCUT2D eigenvalue weighted by molar-refractivity contribution is 9.10. The Balaban J connectivity index is 1.56. The molecule has 2 aromatic rings. The molecule has 0 aliphatic carbocycles. The smallest absolute Gasteiger partial charge is 0.287 e. The van der Waals surface area contributed by atoms with Crippen LogP contribution in [-0.4, -0.2) is 43.4 Å². The molecule has 1 saturated heterocycles. The molecule has 8 heteroatoms. The van der Waals surface area contributed by atoms with Crippen molar-refractivity contribution in [2.24, 2.45) is 5.10 Å². The number of nitrogens with one attached hydrogen (secondary N) is 2. The second kappa shape index (κ2) is 7.08. The summed E-state index contributed by atoms with van der Waals surface area (Å²) in [5.74, 6) is -0.271. The lowest BCUT2D eigenvalue weighted by molar-refractivity contribution is 0.0951. The molecule has 1 amide bonds. The minimum Gasteiger partial charge on any atom is -0.378 e. The van der Waals surface area contributed by atoms with Gasteiger partial charge < -0.3 is 14.6 Å². The van der Waals surface area contributed by atoms with Gasteiger partial charge in [0.25, 0.3) is 5.91 Å². The molecule has 22 heavy (non-hydrogen) atoms. The zero-order valence-corrected chi connectivity index (χ0v) is 14.1. The first-order valence-corrected chi connectivity index (χ1v) is 8.43. The number of hydrazone groups is 1. The molecule has 0 spiro atoms. The van der Waals surface area contributed by atoms with Crippen LogP contribution in [-0.2, 0) is 4.74 Å². The summed E-state index contributed by atoms with van der Waals surface area (Å²) in [4.78, 5) is 17.9. The van der Waals surface area contributed by atoms with Crippen molar-refractivity contribution in [3.8, 4) is 0 Å². The highest BCUT2D eigenvalue weighted by Gasteiger charge is 2.12. The summed E-state index contributed by atoms with van der Waals surface area (Å²) in [5.41, 5.74) is 2.96. The molecule has 0 aromatic carbocycles. The first-order valence-electron chi connectivity index (χ1n) is 6.82. The molecule has 3 heterocycles. The molecule has 0 bridgehead atoms. The van der Waals surface area contributed by atoms with Crippen LogP contribution in [0.3, 0.4) is 0 Å². The molecule has 0 unspecified atom stereocenters. The van der Waals surface area contributed by atoms with Crippen molar-refractivity contribution >= 4 is 44.4 Å². The van der Waals surface area contributed by atoms with Crippen molar-refractivity contribution in [2.75, 3.05) is 31.2 Å². The Hall–Kier alpha value is -1.64. The fourth-order valence-corrected chi connectivity index (χ4v) is 3.35. The molecule has 1 fully saturated rings. The number of carbonyl (C=O) groups is 1. The van der Waals surface area contributed by atoms with Gasteiger partial charge in [-0.25, -0.2) is 5.43 Å². The monoisotopic (exact) mass is 382 g/mol. The van der Waals surface area contributed by atoms with Crippen LogP contribution in [0.1, 0.15) is 15.4 Å². The van der Waals surface area contributed by atoms with Crippen LogP contribution < -0.4 is 10.3 Å². The number of halogens is 1. The predicted molar refractivity (Wildman–Crippen MR) is 90.9 cm³/mol. The molecule has 0 atom stereocenters. The molecular weight excluding hydrogens is 368 g/mol. The van der Waals surface area contributed by atoms with Gasteiger partial charge in [-0.1, -0.05) is 0 Å². The molecule has 0 radical (unpaired) electrons. The van der Waals surface area contributed by atoms with E-state index in [0.717, 1.165) is 35.7 Å². The van der Waals surface area contributed by atoms with E-state index in [4.69, 9.17) is 4.74 Å². The van der Waals surface area contributed by atoms with E-state index in [2.05, 4.69) is 42.4 Å². The van der Waals surface area contributed by atoms with Gasteiger partial charge in [-0.3, -0.25) is 4.79 Å². The molecule has 6 nitrogen and oxygen atoms in total. The van der Waals surface area contributed by atoms with Crippen LogP contribution in [0.15, 0.2) is 34.0 Å². The lowest BCUT2D eigenvalue weighted by Gasteiger charge is -2.27. The van der Waals surface area contributed by atoms with Gasteiger partial charge in [-0.05, 0) is 34.1 Å². The van der Waals surface area contributed by atoms with E-state index in [9.17, 15) is 4.79 Å². The highest BCUT2D eigenvalue weighted by atomic mass is 79.9. The maximum Gasteiger partial charge on any atom is 0.287 e. The maximum atomic E-state index is 11.8. The quantitative estimate of drug-likeness (QED) is 0.630. The molecule has 2 N–H and O–H groups in total. The number of hydrogen-bond acceptors (Lipinski definition) is 5. The number of aromatic nitrogens is 1. The van der Waals surface area contributed by atoms with E-state index in [0.29, 0.717) is 5.69 Å². The maximum absolute atomic E-state index is 11.8. The third-order valence-corrected chi connectivity index (χ3v) is 4.72. The normalized spacial score (nSPS) is 15.4. The zero-order valence-electron chi connectivity index (χ0n) is 11.7. The Morgan fingerprint density at radius 2 is 2.27 bits per heavy atom. The summed E-state index contributed by atoms with van der Waals surface area (Å²) in [6, 6.07) is 5.77. The van der Waals surface area contributed by atoms with Gasteiger partial charge in [0.15, 0.2) is 0 Å². The highest BCUT2D eigenvalue weighted by Crippen LogP contribution is 2.25. The summed E-state index contributed by atoms with van der Waals surface area (Å²) < 4.78 is 6.17. The third-order valence-electron chi connectivity index (χ3n) is 3.19. The largest absolute Gasteiger partial charge is 0.378 e. The number of aromatic amines is 1. The first kappa shape index (κ1) is 15.3. The lowest BCUT2D eigenvalue weighted by atomic mass is 10.4. The third kappa shape index (κ3) is 3.76. The Kier molecular flexibility index (Phi) is 4.91. The molecule has 2 aromatic heterocycles. The minimum absolute atomic E-state index is 0.271. The minimum atomic E-state index is -0.271. The van der Waals surface area contributed by atoms with Crippen molar-refractivity contribution < 1.29 is 9.53 Å². The summed E-state index contributed by atoms with van der Waals surface area (Å²) in [6.45, 7) is 3.36. The van der Waals surface area contributed by atoms with Crippen molar-refractivity contribution in [1.82, 2.24) is 10.4 Å². The van der Waals surface area contributed by atoms with Crippen molar-refractivity contribution in [3.63, 3.8) is 0 Å². The van der Waals surface area contributed by atoms with Crippen LogP contribution in [0.5, 0.6) is 0 Å². The van der Waals surface area contributed by atoms with E-state index in [1.54, 1.807) is 29.8 Å². The molecular formula is C14H15BrN4O2S. The average molecular weight is 383 g/mol. The van der Waals surface area contributed by atoms with Gasteiger partial charge >= 0.3 is 0 Å². The van der Waals surface area contributed by atoms with Crippen molar-refractivity contribution in [1.29, 1.82) is 0 Å². The molecule has 116 valence electrons. The van der Waals surface area contributed by atoms with Gasteiger partial charge in [0.1, 0.15) is 5.69 Å². The predicted octanol–water partition coefficient (Wildman–Crippen LogP) is 2.44. The summed E-state index contributed by atoms with van der Waals surface area (Å²) in [7, 11) is 0. The Morgan fingerprint density at radius 3 is 3.00 bits per heavy atom. The van der Waals surface area contributed by atoms with E-state index < -0.39 is 0 Å². The van der Waals surface area contributed by atoms with E-state index in [1.807, 2.05) is 6.07 Å². The van der Waals surface area contributed by atoms with Gasteiger partial charge in [0.05, 0.1) is 24.4 Å². The van der Waals surface area contributed by atoms with Gasteiger partial charge in [0.2, 0.25) is 0 Å². The Bertz CT molecular complexity index is 676. The summed E-state index contributed by atoms with van der Waals surface area (Å²) in [5, 5.41) is 5.19. The van der Waals surface area contributed by atoms with E-state index in [1.165, 1.54) is 5.00 Å². The van der Waals surface area contributed by atoms with Gasteiger partial charge in [0, 0.05) is 28.6 Å². The number of ether oxygens (including phenoxy) is 1. The van der Waals surface area contributed by atoms with E-state index in [-0.39, 0.29) is 5.91 Å². The number of anilines is 1. The SMILES string of the molecule is O=C(N/N=C\c1ccc(N2CCOCC2)s1)c1cc(Br)c[nH]1. The van der Waals surface area contributed by atoms with Crippen molar-refractivity contribution in [3.05, 3.63) is 39.4 Å². The van der Waals surface area contributed by atoms with Crippen LogP contribution in [0.25, 0.3) is 0 Å². The lowest BCUT2D eigenvalue weighted by Crippen LogP contribution is -2.35. The van der Waals surface area contributed by atoms with Crippen LogP contribution in [0, 0.1) is 0 Å². The number of carbonyl (C=O) groups excluding carboxylic acids is 1.